The minimum Gasteiger partial charge on any atom is -0.462 e. The van der Waals surface area contributed by atoms with Crippen LogP contribution in [0.5, 0.6) is 0 Å². The van der Waals surface area contributed by atoms with Crippen LogP contribution >= 0.6 is 0 Å². The van der Waals surface area contributed by atoms with Gasteiger partial charge in [-0.3, -0.25) is 4.79 Å². The van der Waals surface area contributed by atoms with Gasteiger partial charge in [0.1, 0.15) is 18.8 Å². The number of ether oxygens (including phenoxy) is 2. The summed E-state index contributed by atoms with van der Waals surface area (Å²) in [5.74, 6) is -0.459. The first-order valence-electron chi connectivity index (χ1n) is 8.59. The van der Waals surface area contributed by atoms with Crippen LogP contribution in [0.3, 0.4) is 0 Å². The van der Waals surface area contributed by atoms with Crippen LogP contribution in [0.25, 0.3) is 0 Å². The average Bonchev–Trinajstić information content (AvgIpc) is 2.53. The van der Waals surface area contributed by atoms with Crippen molar-refractivity contribution in [3.05, 3.63) is 0 Å². The van der Waals surface area contributed by atoms with Gasteiger partial charge < -0.3 is 15.2 Å². The van der Waals surface area contributed by atoms with E-state index >= 15 is 0 Å². The normalized spacial score (nSPS) is 17.3. The van der Waals surface area contributed by atoms with Crippen LogP contribution in [0.4, 0.5) is 0 Å². The lowest BCUT2D eigenvalue weighted by Crippen LogP contribution is -2.43. The first kappa shape index (κ1) is 23.3. The van der Waals surface area contributed by atoms with Crippen molar-refractivity contribution in [3.8, 4) is 0 Å². The summed E-state index contributed by atoms with van der Waals surface area (Å²) >= 11 is 0. The molecule has 0 aromatic rings. The molecule has 0 spiro atoms. The fourth-order valence-electron chi connectivity index (χ4n) is 2.04. The van der Waals surface area contributed by atoms with E-state index in [0.717, 1.165) is 19.1 Å². The van der Waals surface area contributed by atoms with Gasteiger partial charge in [-0.2, -0.15) is 4.31 Å². The molecule has 2 N–H and O–H groups in total. The van der Waals surface area contributed by atoms with E-state index in [2.05, 4.69) is 0 Å². The third-order valence-electron chi connectivity index (χ3n) is 4.17. The summed E-state index contributed by atoms with van der Waals surface area (Å²) in [6.45, 7) is 9.94. The molecule has 0 aromatic carbocycles. The largest absolute Gasteiger partial charge is 0.462 e. The van der Waals surface area contributed by atoms with Gasteiger partial charge in [0.2, 0.25) is 10.0 Å². The van der Waals surface area contributed by atoms with E-state index in [-0.39, 0.29) is 25.2 Å². The number of hydrogen-bond acceptors (Lipinski definition) is 6. The van der Waals surface area contributed by atoms with Crippen molar-refractivity contribution >= 4 is 16.0 Å². The highest BCUT2D eigenvalue weighted by Gasteiger charge is 2.26. The highest BCUT2D eigenvalue weighted by Crippen LogP contribution is 2.10. The lowest BCUT2D eigenvalue weighted by molar-refractivity contribution is -0.152. The molecular weight excluding hydrogens is 332 g/mol. The minimum absolute atomic E-state index is 0.0146. The third-order valence-corrected chi connectivity index (χ3v) is 5.51. The molecule has 0 radical (unpaired) electrons. The Bertz CT molecular complexity index is 469. The highest BCUT2D eigenvalue weighted by atomic mass is 32.2. The number of nitrogens with zero attached hydrogens (tertiary/aromatic N) is 1. The molecule has 4 atom stereocenters. The van der Waals surface area contributed by atoms with Crippen molar-refractivity contribution in [2.24, 2.45) is 11.7 Å². The Morgan fingerprint density at radius 3 is 2.17 bits per heavy atom. The molecule has 0 aliphatic heterocycles. The van der Waals surface area contributed by atoms with Crippen LogP contribution in [-0.2, 0) is 24.3 Å². The van der Waals surface area contributed by atoms with Gasteiger partial charge in [-0.05, 0) is 19.3 Å². The smallest absolute Gasteiger partial charge is 0.323 e. The van der Waals surface area contributed by atoms with Gasteiger partial charge in [-0.1, -0.05) is 34.1 Å². The minimum atomic E-state index is -3.34. The number of nitrogens with two attached hydrogens (primary N) is 1. The zero-order valence-electron chi connectivity index (χ0n) is 15.8. The van der Waals surface area contributed by atoms with Gasteiger partial charge in [0.05, 0.1) is 12.4 Å². The molecular formula is C16H34N2O5S. The van der Waals surface area contributed by atoms with Gasteiger partial charge in [0.25, 0.3) is 0 Å². The quantitative estimate of drug-likeness (QED) is 0.524. The van der Waals surface area contributed by atoms with E-state index in [1.165, 1.54) is 4.31 Å². The summed E-state index contributed by atoms with van der Waals surface area (Å²) in [5.41, 5.74) is 5.86. The Hall–Kier alpha value is -0.700. The third kappa shape index (κ3) is 8.41. The Morgan fingerprint density at radius 1 is 1.17 bits per heavy atom. The topological polar surface area (TPSA) is 98.9 Å². The maximum Gasteiger partial charge on any atom is 0.323 e. The number of likely N-dealkylation sites (N-methyl/N-ethyl adjacent to an activating group) is 1. The second kappa shape index (κ2) is 11.0. The predicted molar refractivity (Wildman–Crippen MR) is 95.1 cm³/mol. The maximum atomic E-state index is 12.0. The Morgan fingerprint density at radius 2 is 1.75 bits per heavy atom. The summed E-state index contributed by atoms with van der Waals surface area (Å²) in [7, 11) is -3.34. The number of hydrogen-bond donors (Lipinski definition) is 1. The first-order valence-corrected chi connectivity index (χ1v) is 10.4. The van der Waals surface area contributed by atoms with Crippen molar-refractivity contribution in [2.45, 2.75) is 65.7 Å². The molecule has 24 heavy (non-hydrogen) atoms. The zero-order chi connectivity index (χ0) is 18.9. The van der Waals surface area contributed by atoms with E-state index in [1.807, 2.05) is 27.7 Å². The fraction of sp³-hybridized carbons (Fsp3) is 0.938. The highest BCUT2D eigenvalue weighted by molar-refractivity contribution is 7.88. The number of sulfonamides is 1. The number of carbonyl (C=O) groups is 1. The second-order valence-electron chi connectivity index (χ2n) is 6.23. The van der Waals surface area contributed by atoms with Crippen molar-refractivity contribution < 1.29 is 22.7 Å². The van der Waals surface area contributed by atoms with E-state index in [4.69, 9.17) is 15.2 Å². The van der Waals surface area contributed by atoms with E-state index in [9.17, 15) is 13.2 Å². The van der Waals surface area contributed by atoms with Gasteiger partial charge in [0, 0.05) is 13.1 Å². The SMILES string of the molecule is CC[C@H](C)O[C@H](COC(=O)[C@@H](N)[C@@H](C)CC)CN(CC)S(C)(=O)=O. The molecule has 0 rings (SSSR count). The Labute approximate surface area is 146 Å². The van der Waals surface area contributed by atoms with Crippen molar-refractivity contribution in [1.29, 1.82) is 0 Å². The Balaban J connectivity index is 4.87. The molecule has 0 fully saturated rings. The molecule has 0 aromatic heterocycles. The average molecular weight is 367 g/mol. The van der Waals surface area contributed by atoms with Crippen LogP contribution in [0.15, 0.2) is 0 Å². The molecule has 0 saturated heterocycles. The molecule has 0 bridgehead atoms. The van der Waals surface area contributed by atoms with Crippen LogP contribution in [-0.4, -0.2) is 62.9 Å². The molecule has 0 amide bonds. The van der Waals surface area contributed by atoms with Gasteiger partial charge in [0.15, 0.2) is 0 Å². The van der Waals surface area contributed by atoms with Gasteiger partial charge in [-0.25, -0.2) is 8.42 Å². The number of rotatable bonds is 12. The van der Waals surface area contributed by atoms with Crippen molar-refractivity contribution in [3.63, 3.8) is 0 Å². The summed E-state index contributed by atoms with van der Waals surface area (Å²) in [4.78, 5) is 12.0. The van der Waals surface area contributed by atoms with E-state index < -0.39 is 28.1 Å². The summed E-state index contributed by atoms with van der Waals surface area (Å²) < 4.78 is 36.0. The first-order chi connectivity index (χ1) is 11.1. The van der Waals surface area contributed by atoms with E-state index in [1.54, 1.807) is 6.92 Å². The maximum absolute atomic E-state index is 12.0. The lowest BCUT2D eigenvalue weighted by atomic mass is 10.0. The van der Waals surface area contributed by atoms with Crippen LogP contribution in [0.2, 0.25) is 0 Å². The lowest BCUT2D eigenvalue weighted by Gasteiger charge is -2.27. The van der Waals surface area contributed by atoms with Crippen LogP contribution < -0.4 is 5.73 Å². The number of esters is 1. The van der Waals surface area contributed by atoms with Crippen molar-refractivity contribution in [2.75, 3.05) is 26.0 Å². The van der Waals surface area contributed by atoms with Crippen LogP contribution in [0, 0.1) is 5.92 Å². The van der Waals surface area contributed by atoms with Crippen molar-refractivity contribution in [1.82, 2.24) is 4.31 Å². The molecule has 0 aliphatic carbocycles. The van der Waals surface area contributed by atoms with Crippen LogP contribution in [0.1, 0.15) is 47.5 Å². The molecule has 0 heterocycles. The molecule has 0 aliphatic rings. The summed E-state index contributed by atoms with van der Waals surface area (Å²) in [6, 6.07) is -0.684. The van der Waals surface area contributed by atoms with E-state index in [0.29, 0.717) is 6.54 Å². The second-order valence-corrected chi connectivity index (χ2v) is 8.21. The monoisotopic (exact) mass is 366 g/mol. The number of carbonyl (C=O) groups excluding carboxylic acids is 1. The zero-order valence-corrected chi connectivity index (χ0v) is 16.6. The Kier molecular flexibility index (Phi) is 10.7. The van der Waals surface area contributed by atoms with Gasteiger partial charge in [-0.15, -0.1) is 0 Å². The molecule has 8 heteroatoms. The fourth-order valence-corrected chi connectivity index (χ4v) is 2.95. The summed E-state index contributed by atoms with van der Waals surface area (Å²) in [6.07, 6.45) is 2.13. The predicted octanol–water partition coefficient (Wildman–Crippen LogP) is 1.37. The van der Waals surface area contributed by atoms with Gasteiger partial charge >= 0.3 is 5.97 Å². The molecule has 7 nitrogen and oxygen atoms in total. The standard InChI is InChI=1S/C16H34N2O5S/c1-7-12(4)15(17)16(19)22-11-14(23-13(5)8-2)10-18(9-3)24(6,20)21/h12-15H,7-11,17H2,1-6H3/t12-,13-,14-,15-/m0/s1. The molecule has 0 saturated carbocycles. The molecule has 0 unspecified atom stereocenters. The molecule has 144 valence electrons. The summed E-state index contributed by atoms with van der Waals surface area (Å²) in [5, 5.41) is 0.